The predicted molar refractivity (Wildman–Crippen MR) is 54.3 cm³/mol. The number of carbonyl (C=O) groups excluding carboxylic acids is 1. The summed E-state index contributed by atoms with van der Waals surface area (Å²) in [7, 11) is 0. The molecule has 15 heavy (non-hydrogen) atoms. The number of nitrogens with two attached hydrogens (primary N) is 1. The minimum Gasteiger partial charge on any atom is -0.755 e. The first-order valence-corrected chi connectivity index (χ1v) is 5.19. The maximum Gasteiger partial charge on any atom is 0.219 e. The first-order valence-electron chi connectivity index (χ1n) is 4.16. The zero-order chi connectivity index (χ0) is 11.3. The highest BCUT2D eigenvalue weighted by Crippen LogP contribution is 2.13. The molecule has 2 N–H and O–H groups in total. The lowest BCUT2D eigenvalue weighted by Gasteiger charge is -2.25. The fraction of sp³-hybridized carbons (Fsp3) is 0.250. The van der Waals surface area contributed by atoms with Gasteiger partial charge in [-0.3, -0.25) is 14.0 Å². The van der Waals surface area contributed by atoms with Crippen LogP contribution in [-0.4, -0.2) is 26.2 Å². The van der Waals surface area contributed by atoms with Crippen molar-refractivity contribution in [3.63, 3.8) is 0 Å². The summed E-state index contributed by atoms with van der Waals surface area (Å²) in [6, 6.07) is 3.20. The van der Waals surface area contributed by atoms with Gasteiger partial charge in [-0.05, 0) is 12.1 Å². The van der Waals surface area contributed by atoms with Gasteiger partial charge in [0.15, 0.2) is 0 Å². The highest BCUT2D eigenvalue weighted by atomic mass is 32.2. The van der Waals surface area contributed by atoms with Gasteiger partial charge >= 0.3 is 0 Å². The van der Waals surface area contributed by atoms with Crippen molar-refractivity contribution in [2.45, 2.75) is 6.42 Å². The summed E-state index contributed by atoms with van der Waals surface area (Å²) < 4.78 is 22.7. The number of hydrogen-bond acceptors (Lipinski definition) is 4. The molecule has 1 rings (SSSR count). The van der Waals surface area contributed by atoms with Crippen molar-refractivity contribution in [3.8, 4) is 0 Å². The van der Waals surface area contributed by atoms with E-state index in [0.29, 0.717) is 5.69 Å². The molecule has 1 atom stereocenters. The van der Waals surface area contributed by atoms with Crippen molar-refractivity contribution in [2.75, 3.05) is 10.8 Å². The van der Waals surface area contributed by atoms with Crippen LogP contribution in [0.25, 0.3) is 0 Å². The molecule has 0 saturated heterocycles. The van der Waals surface area contributed by atoms with Crippen molar-refractivity contribution in [1.29, 1.82) is 0 Å². The van der Waals surface area contributed by atoms with E-state index in [1.54, 1.807) is 12.1 Å². The molecule has 0 aliphatic carbocycles. The Labute approximate surface area is 89.5 Å². The fourth-order valence-electron chi connectivity index (χ4n) is 1.00. The SMILES string of the molecule is NC(=O)CCN(c1cccnc1)S(=O)[O-]. The highest BCUT2D eigenvalue weighted by molar-refractivity contribution is 7.80. The molecular weight excluding hydrogens is 218 g/mol. The molecule has 0 radical (unpaired) electrons. The third kappa shape index (κ3) is 3.64. The van der Waals surface area contributed by atoms with Crippen molar-refractivity contribution in [2.24, 2.45) is 5.73 Å². The lowest BCUT2D eigenvalue weighted by molar-refractivity contribution is -0.117. The Morgan fingerprint density at radius 2 is 2.40 bits per heavy atom. The number of primary amides is 1. The average molecular weight is 228 g/mol. The lowest BCUT2D eigenvalue weighted by atomic mass is 10.3. The Bertz CT molecular complexity index is 357. The van der Waals surface area contributed by atoms with E-state index in [2.05, 4.69) is 4.98 Å². The van der Waals surface area contributed by atoms with Crippen molar-refractivity contribution in [1.82, 2.24) is 4.98 Å². The van der Waals surface area contributed by atoms with Crippen LogP contribution in [0.5, 0.6) is 0 Å². The fourth-order valence-corrected chi connectivity index (χ4v) is 1.52. The molecule has 0 aliphatic heterocycles. The minimum atomic E-state index is -2.44. The van der Waals surface area contributed by atoms with Gasteiger partial charge in [0.25, 0.3) is 0 Å². The standard InChI is InChI=1S/C8H11N3O3S/c9-8(12)3-5-11(15(13)14)7-2-1-4-10-6-7/h1-2,4,6H,3,5H2,(H2,9,12)(H,13,14)/p-1. The highest BCUT2D eigenvalue weighted by Gasteiger charge is 2.08. The molecule has 0 aromatic carbocycles. The van der Waals surface area contributed by atoms with E-state index >= 15 is 0 Å². The van der Waals surface area contributed by atoms with E-state index < -0.39 is 17.2 Å². The number of hydrogen-bond donors (Lipinski definition) is 1. The van der Waals surface area contributed by atoms with Gasteiger partial charge in [-0.25, -0.2) is 0 Å². The van der Waals surface area contributed by atoms with Gasteiger partial charge in [0, 0.05) is 30.4 Å². The lowest BCUT2D eigenvalue weighted by Crippen LogP contribution is -2.29. The Morgan fingerprint density at radius 3 is 2.87 bits per heavy atom. The van der Waals surface area contributed by atoms with Crippen molar-refractivity contribution < 1.29 is 13.6 Å². The van der Waals surface area contributed by atoms with Crippen LogP contribution < -0.4 is 10.0 Å². The molecule has 6 nitrogen and oxygen atoms in total. The van der Waals surface area contributed by atoms with Crippen LogP contribution in [0.4, 0.5) is 5.69 Å². The molecule has 0 spiro atoms. The molecule has 82 valence electrons. The van der Waals surface area contributed by atoms with E-state index in [-0.39, 0.29) is 13.0 Å². The summed E-state index contributed by atoms with van der Waals surface area (Å²) in [5, 5.41) is 0. The van der Waals surface area contributed by atoms with Gasteiger partial charge in [0.1, 0.15) is 0 Å². The zero-order valence-corrected chi connectivity index (χ0v) is 8.64. The molecular formula is C8H10N3O3S-. The van der Waals surface area contributed by atoms with Crippen LogP contribution in [0.15, 0.2) is 24.5 Å². The molecule has 0 fully saturated rings. The first-order chi connectivity index (χ1) is 7.11. The molecule has 0 bridgehead atoms. The molecule has 7 heteroatoms. The third-order valence-electron chi connectivity index (χ3n) is 1.68. The maximum absolute atomic E-state index is 10.9. The molecule has 1 heterocycles. The summed E-state index contributed by atoms with van der Waals surface area (Å²) in [6.07, 6.45) is 2.91. The normalized spacial score (nSPS) is 12.1. The molecule has 1 aromatic rings. The van der Waals surface area contributed by atoms with Gasteiger partial charge in [-0.2, -0.15) is 0 Å². The summed E-state index contributed by atoms with van der Waals surface area (Å²) in [6.45, 7) is 0.0249. The number of rotatable bonds is 5. The van der Waals surface area contributed by atoms with Gasteiger partial charge in [0.2, 0.25) is 5.91 Å². The zero-order valence-electron chi connectivity index (χ0n) is 7.83. The molecule has 0 saturated carbocycles. The third-order valence-corrected chi connectivity index (χ3v) is 2.43. The van der Waals surface area contributed by atoms with Gasteiger partial charge in [-0.15, -0.1) is 0 Å². The number of aromatic nitrogens is 1. The van der Waals surface area contributed by atoms with Crippen molar-refractivity contribution >= 4 is 22.9 Å². The Hall–Kier alpha value is -1.47. The van der Waals surface area contributed by atoms with Gasteiger partial charge in [0.05, 0.1) is 11.9 Å². The summed E-state index contributed by atoms with van der Waals surface area (Å²) in [5.74, 6) is -0.547. The number of amides is 1. The molecule has 0 aliphatic rings. The smallest absolute Gasteiger partial charge is 0.219 e. The second-order valence-electron chi connectivity index (χ2n) is 2.75. The summed E-state index contributed by atoms with van der Waals surface area (Å²) >= 11 is -2.44. The van der Waals surface area contributed by atoms with Gasteiger partial charge in [-0.1, -0.05) is 0 Å². The predicted octanol–water partition coefficient (Wildman–Crippen LogP) is -0.443. The monoisotopic (exact) mass is 228 g/mol. The van der Waals surface area contributed by atoms with Crippen LogP contribution in [0.3, 0.4) is 0 Å². The van der Waals surface area contributed by atoms with Crippen LogP contribution in [0.1, 0.15) is 6.42 Å². The van der Waals surface area contributed by atoms with Crippen LogP contribution in [0, 0.1) is 0 Å². The Balaban J connectivity index is 2.75. The van der Waals surface area contributed by atoms with E-state index in [1.165, 1.54) is 12.4 Å². The van der Waals surface area contributed by atoms with E-state index in [1.807, 2.05) is 0 Å². The van der Waals surface area contributed by atoms with Crippen LogP contribution in [-0.2, 0) is 16.1 Å². The maximum atomic E-state index is 10.9. The number of nitrogens with zero attached hydrogens (tertiary/aromatic N) is 2. The minimum absolute atomic E-state index is 0.0249. The van der Waals surface area contributed by atoms with Crippen LogP contribution >= 0.6 is 0 Å². The second-order valence-corrected chi connectivity index (χ2v) is 3.62. The molecule has 1 unspecified atom stereocenters. The van der Waals surface area contributed by atoms with Crippen LogP contribution in [0.2, 0.25) is 0 Å². The molecule has 1 aromatic heterocycles. The largest absolute Gasteiger partial charge is 0.755 e. The van der Waals surface area contributed by atoms with Gasteiger partial charge < -0.3 is 14.6 Å². The number of anilines is 1. The van der Waals surface area contributed by atoms with Crippen molar-refractivity contribution in [3.05, 3.63) is 24.5 Å². The van der Waals surface area contributed by atoms with E-state index in [9.17, 15) is 13.6 Å². The quantitative estimate of drug-likeness (QED) is 0.690. The Kier molecular flexibility index (Phi) is 4.19. The topological polar surface area (TPSA) is 99.4 Å². The van der Waals surface area contributed by atoms with E-state index in [0.717, 1.165) is 4.31 Å². The summed E-state index contributed by atoms with van der Waals surface area (Å²) in [5.41, 5.74) is 5.35. The number of pyridine rings is 1. The van der Waals surface area contributed by atoms with E-state index in [4.69, 9.17) is 5.73 Å². The summed E-state index contributed by atoms with van der Waals surface area (Å²) in [4.78, 5) is 14.3. The first kappa shape index (κ1) is 11.6. The molecule has 1 amide bonds. The average Bonchev–Trinajstić information content (AvgIpc) is 2.18. The number of carbonyl (C=O) groups is 1. The second kappa shape index (κ2) is 5.42. The Morgan fingerprint density at radius 1 is 1.67 bits per heavy atom.